The summed E-state index contributed by atoms with van der Waals surface area (Å²) in [5.41, 5.74) is 3.32. The number of aryl methyl sites for hydroxylation is 1. The van der Waals surface area contributed by atoms with E-state index in [0.717, 1.165) is 17.8 Å². The zero-order chi connectivity index (χ0) is 14.7. The Bertz CT molecular complexity index is 451. The maximum atomic E-state index is 2.71. The van der Waals surface area contributed by atoms with Crippen LogP contribution >= 0.6 is 0 Å². The largest absolute Gasteiger partial charge is 0.303 e. The van der Waals surface area contributed by atoms with Crippen LogP contribution in [-0.4, -0.2) is 24.5 Å². The minimum atomic E-state index is 0.803. The van der Waals surface area contributed by atoms with Gasteiger partial charge in [-0.3, -0.25) is 0 Å². The van der Waals surface area contributed by atoms with E-state index in [-0.39, 0.29) is 0 Å². The highest BCUT2D eigenvalue weighted by Crippen LogP contribution is 2.41. The molecule has 0 amide bonds. The molecule has 0 radical (unpaired) electrons. The molecule has 0 saturated carbocycles. The Kier molecular flexibility index (Phi) is 5.00. The first kappa shape index (κ1) is 15.1. The molecule has 1 fully saturated rings. The van der Waals surface area contributed by atoms with Crippen molar-refractivity contribution in [2.45, 2.75) is 58.3 Å². The number of nitrogens with zero attached hydrogens (tertiary/aromatic N) is 1. The summed E-state index contributed by atoms with van der Waals surface area (Å²) in [5, 5.41) is 0. The molecule has 116 valence electrons. The number of likely N-dealkylation sites (tertiary alicyclic amines) is 1. The summed E-state index contributed by atoms with van der Waals surface area (Å²) < 4.78 is 0. The molecule has 0 bridgehead atoms. The summed E-state index contributed by atoms with van der Waals surface area (Å²) in [6.45, 7) is 8.62. The number of hydrogen-bond acceptors (Lipinski definition) is 1. The van der Waals surface area contributed by atoms with Gasteiger partial charge in [0.05, 0.1) is 0 Å². The van der Waals surface area contributed by atoms with Crippen molar-refractivity contribution in [1.82, 2.24) is 4.90 Å². The average Bonchev–Trinajstić information content (AvgIpc) is 2.71. The molecule has 3 rings (SSSR count). The van der Waals surface area contributed by atoms with Crippen molar-refractivity contribution >= 4 is 0 Å². The minimum absolute atomic E-state index is 0.803. The van der Waals surface area contributed by atoms with E-state index in [1.165, 1.54) is 58.2 Å². The zero-order valence-corrected chi connectivity index (χ0v) is 13.9. The summed E-state index contributed by atoms with van der Waals surface area (Å²) in [6.07, 6.45) is 8.37. The van der Waals surface area contributed by atoms with E-state index in [9.17, 15) is 0 Å². The van der Waals surface area contributed by atoms with Crippen LogP contribution in [0.2, 0.25) is 0 Å². The lowest BCUT2D eigenvalue weighted by Gasteiger charge is -2.32. The zero-order valence-electron chi connectivity index (χ0n) is 13.9. The fraction of sp³-hybridized carbons (Fsp3) is 0.700. The summed E-state index contributed by atoms with van der Waals surface area (Å²) in [7, 11) is 0. The molecule has 2 atom stereocenters. The fourth-order valence-electron chi connectivity index (χ4n) is 4.56. The van der Waals surface area contributed by atoms with Gasteiger partial charge < -0.3 is 4.90 Å². The third kappa shape index (κ3) is 3.69. The Labute approximate surface area is 130 Å². The lowest BCUT2D eigenvalue weighted by atomic mass is 9.73. The first-order chi connectivity index (χ1) is 10.2. The summed E-state index contributed by atoms with van der Waals surface area (Å²) >= 11 is 0. The Hall–Kier alpha value is -0.820. The second-order valence-electron chi connectivity index (χ2n) is 7.58. The maximum absolute atomic E-state index is 2.71. The number of benzene rings is 1. The highest BCUT2D eigenvalue weighted by Gasteiger charge is 2.29. The Morgan fingerprint density at radius 2 is 1.90 bits per heavy atom. The molecule has 1 aliphatic carbocycles. The van der Waals surface area contributed by atoms with Crippen LogP contribution in [0.4, 0.5) is 0 Å². The third-order valence-electron chi connectivity index (χ3n) is 5.47. The second kappa shape index (κ2) is 6.96. The van der Waals surface area contributed by atoms with Crippen molar-refractivity contribution in [1.29, 1.82) is 0 Å². The molecule has 21 heavy (non-hydrogen) atoms. The van der Waals surface area contributed by atoms with Crippen molar-refractivity contribution in [2.75, 3.05) is 19.6 Å². The summed E-state index contributed by atoms with van der Waals surface area (Å²) in [4.78, 5) is 2.71. The van der Waals surface area contributed by atoms with Gasteiger partial charge in [-0.25, -0.2) is 0 Å². The molecular weight excluding hydrogens is 254 g/mol. The Balaban J connectivity index is 1.68. The topological polar surface area (TPSA) is 3.24 Å². The van der Waals surface area contributed by atoms with Crippen molar-refractivity contribution in [3.8, 4) is 0 Å². The van der Waals surface area contributed by atoms with Gasteiger partial charge in [0.2, 0.25) is 0 Å². The van der Waals surface area contributed by atoms with Crippen LogP contribution in [0.3, 0.4) is 0 Å². The van der Waals surface area contributed by atoms with Gasteiger partial charge in [0.1, 0.15) is 0 Å². The van der Waals surface area contributed by atoms with Gasteiger partial charge in [0.15, 0.2) is 0 Å². The van der Waals surface area contributed by atoms with Gasteiger partial charge >= 0.3 is 0 Å². The summed E-state index contributed by atoms with van der Waals surface area (Å²) in [5.74, 6) is 2.56. The molecule has 1 nitrogen and oxygen atoms in total. The highest BCUT2D eigenvalue weighted by atomic mass is 15.1. The van der Waals surface area contributed by atoms with Crippen LogP contribution < -0.4 is 0 Å². The molecule has 1 saturated heterocycles. The first-order valence-corrected chi connectivity index (χ1v) is 9.04. The van der Waals surface area contributed by atoms with E-state index in [4.69, 9.17) is 0 Å². The van der Waals surface area contributed by atoms with Gasteiger partial charge in [0, 0.05) is 6.54 Å². The third-order valence-corrected chi connectivity index (χ3v) is 5.47. The van der Waals surface area contributed by atoms with E-state index in [1.807, 2.05) is 0 Å². The molecular formula is C20H31N. The molecule has 0 aromatic heterocycles. The average molecular weight is 285 g/mol. The van der Waals surface area contributed by atoms with E-state index in [2.05, 4.69) is 43.0 Å². The molecule has 1 aromatic rings. The molecule has 1 heterocycles. The van der Waals surface area contributed by atoms with Crippen LogP contribution in [0.5, 0.6) is 0 Å². The predicted molar refractivity (Wildman–Crippen MR) is 90.7 cm³/mol. The van der Waals surface area contributed by atoms with E-state index in [0.29, 0.717) is 0 Å². The molecule has 2 aliphatic rings. The molecule has 0 spiro atoms. The lowest BCUT2D eigenvalue weighted by molar-refractivity contribution is 0.246. The van der Waals surface area contributed by atoms with Crippen LogP contribution in [0.1, 0.15) is 63.0 Å². The minimum Gasteiger partial charge on any atom is -0.303 e. The van der Waals surface area contributed by atoms with Gasteiger partial charge in [-0.15, -0.1) is 0 Å². The van der Waals surface area contributed by atoms with Crippen LogP contribution in [0.15, 0.2) is 24.3 Å². The quantitative estimate of drug-likeness (QED) is 0.766. The molecule has 1 heteroatoms. The SMILES string of the molecule is CC(C)CN1CCC[C@H](C2CCCc3ccccc32)CC1. The normalized spacial score (nSPS) is 27.4. The molecule has 1 aromatic carbocycles. The van der Waals surface area contributed by atoms with Gasteiger partial charge in [-0.1, -0.05) is 38.1 Å². The van der Waals surface area contributed by atoms with Crippen molar-refractivity contribution < 1.29 is 0 Å². The van der Waals surface area contributed by atoms with Gasteiger partial charge in [-0.05, 0) is 80.5 Å². The Morgan fingerprint density at radius 3 is 2.76 bits per heavy atom. The molecule has 0 N–H and O–H groups in total. The van der Waals surface area contributed by atoms with E-state index >= 15 is 0 Å². The van der Waals surface area contributed by atoms with Crippen LogP contribution in [0, 0.1) is 11.8 Å². The lowest BCUT2D eigenvalue weighted by Crippen LogP contribution is -2.29. The number of fused-ring (bicyclic) bond motifs is 1. The van der Waals surface area contributed by atoms with Crippen molar-refractivity contribution in [3.63, 3.8) is 0 Å². The Morgan fingerprint density at radius 1 is 1.05 bits per heavy atom. The van der Waals surface area contributed by atoms with E-state index in [1.54, 1.807) is 11.1 Å². The van der Waals surface area contributed by atoms with Crippen molar-refractivity contribution in [3.05, 3.63) is 35.4 Å². The maximum Gasteiger partial charge on any atom is 0.000438 e. The fourth-order valence-corrected chi connectivity index (χ4v) is 4.56. The van der Waals surface area contributed by atoms with Crippen molar-refractivity contribution in [2.24, 2.45) is 11.8 Å². The number of rotatable bonds is 3. The first-order valence-electron chi connectivity index (χ1n) is 9.04. The smallest absolute Gasteiger partial charge is 0.000438 e. The monoisotopic (exact) mass is 285 g/mol. The second-order valence-corrected chi connectivity index (χ2v) is 7.58. The van der Waals surface area contributed by atoms with Crippen LogP contribution in [0.25, 0.3) is 0 Å². The highest BCUT2D eigenvalue weighted by molar-refractivity contribution is 5.33. The van der Waals surface area contributed by atoms with Gasteiger partial charge in [0.25, 0.3) is 0 Å². The standard InChI is InChI=1S/C20H31N/c1-16(2)15-21-13-6-9-18(12-14-21)20-11-5-8-17-7-3-4-10-19(17)20/h3-4,7,10,16,18,20H,5-6,8-9,11-15H2,1-2H3/t18-,20?/m0/s1. The van der Waals surface area contributed by atoms with Gasteiger partial charge in [-0.2, -0.15) is 0 Å². The van der Waals surface area contributed by atoms with E-state index < -0.39 is 0 Å². The van der Waals surface area contributed by atoms with Crippen LogP contribution in [-0.2, 0) is 6.42 Å². The predicted octanol–water partition coefficient (Wildman–Crippen LogP) is 4.86. The molecule has 1 aliphatic heterocycles. The molecule has 1 unspecified atom stereocenters. The summed E-state index contributed by atoms with van der Waals surface area (Å²) in [6, 6.07) is 9.25. The number of hydrogen-bond donors (Lipinski definition) is 0.